The van der Waals surface area contributed by atoms with Crippen LogP contribution in [0.4, 0.5) is 0 Å². The van der Waals surface area contributed by atoms with Gasteiger partial charge in [0.1, 0.15) is 11.5 Å². The van der Waals surface area contributed by atoms with E-state index in [2.05, 4.69) is 0 Å². The van der Waals surface area contributed by atoms with Gasteiger partial charge in [-0.3, -0.25) is 9.59 Å². The van der Waals surface area contributed by atoms with Gasteiger partial charge in [0, 0.05) is 13.1 Å². The fourth-order valence-electron chi connectivity index (χ4n) is 3.37. The number of likely N-dealkylation sites (N-methyl/N-ethyl adjacent to an activating group) is 1. The summed E-state index contributed by atoms with van der Waals surface area (Å²) in [5.74, 6) is -0.195. The van der Waals surface area contributed by atoms with Gasteiger partial charge in [-0.05, 0) is 57.8 Å². The zero-order chi connectivity index (χ0) is 21.1. The lowest BCUT2D eigenvalue weighted by molar-refractivity contribution is -0.129. The van der Waals surface area contributed by atoms with Crippen LogP contribution >= 0.6 is 0 Å². The summed E-state index contributed by atoms with van der Waals surface area (Å²) >= 11 is 0. The van der Waals surface area contributed by atoms with E-state index >= 15 is 0 Å². The van der Waals surface area contributed by atoms with Crippen LogP contribution in [0.25, 0.3) is 0 Å². The SMILES string of the molecule is CCOc1ccc([C@@H]2C(C(=O)c3ccc(C)o3)=C(O)C(=O)N2CCN(C)C)cc1. The minimum atomic E-state index is -0.698. The van der Waals surface area contributed by atoms with Crippen molar-refractivity contribution >= 4 is 11.7 Å². The summed E-state index contributed by atoms with van der Waals surface area (Å²) in [6.07, 6.45) is 0. The van der Waals surface area contributed by atoms with Gasteiger partial charge in [-0.2, -0.15) is 0 Å². The van der Waals surface area contributed by atoms with Crippen molar-refractivity contribution in [1.82, 2.24) is 9.80 Å². The Bertz CT molecular complexity index is 927. The number of benzene rings is 1. The number of ether oxygens (including phenoxy) is 1. The summed E-state index contributed by atoms with van der Waals surface area (Å²) in [5, 5.41) is 10.6. The molecule has 2 aromatic rings. The van der Waals surface area contributed by atoms with E-state index in [0.717, 1.165) is 5.56 Å². The van der Waals surface area contributed by atoms with Crippen molar-refractivity contribution < 1.29 is 23.8 Å². The van der Waals surface area contributed by atoms with E-state index in [0.29, 0.717) is 31.2 Å². The van der Waals surface area contributed by atoms with Gasteiger partial charge < -0.3 is 24.1 Å². The molecule has 0 spiro atoms. The van der Waals surface area contributed by atoms with Crippen LogP contribution in [-0.2, 0) is 4.79 Å². The molecule has 1 amide bonds. The van der Waals surface area contributed by atoms with Crippen molar-refractivity contribution in [2.45, 2.75) is 19.9 Å². The van der Waals surface area contributed by atoms with Crippen LogP contribution < -0.4 is 4.74 Å². The molecular weight excluding hydrogens is 372 g/mol. The summed E-state index contributed by atoms with van der Waals surface area (Å²) in [5.41, 5.74) is 0.753. The third-order valence-electron chi connectivity index (χ3n) is 4.81. The molecule has 1 atom stereocenters. The van der Waals surface area contributed by atoms with Gasteiger partial charge in [-0.25, -0.2) is 0 Å². The second kappa shape index (κ2) is 8.53. The number of ketones is 1. The highest BCUT2D eigenvalue weighted by molar-refractivity contribution is 6.15. The standard InChI is InChI=1S/C22H26N2O5/c1-5-28-16-9-7-15(8-10-16)19-18(20(25)17-11-6-14(2)29-17)21(26)22(27)24(19)13-12-23(3)4/h6-11,19,26H,5,12-13H2,1-4H3/t19-/m1/s1. The lowest BCUT2D eigenvalue weighted by Gasteiger charge is -2.28. The molecule has 1 aliphatic heterocycles. The molecule has 1 aliphatic rings. The van der Waals surface area contributed by atoms with Crippen LogP contribution in [-0.4, -0.2) is 60.4 Å². The largest absolute Gasteiger partial charge is 0.503 e. The molecule has 29 heavy (non-hydrogen) atoms. The van der Waals surface area contributed by atoms with Gasteiger partial charge in [-0.15, -0.1) is 0 Å². The average Bonchev–Trinajstić information content (AvgIpc) is 3.23. The molecule has 0 saturated carbocycles. The summed E-state index contributed by atoms with van der Waals surface area (Å²) < 4.78 is 10.9. The number of aryl methyl sites for hydroxylation is 1. The Balaban J connectivity index is 2.02. The summed E-state index contributed by atoms with van der Waals surface area (Å²) in [7, 11) is 3.80. The highest BCUT2D eigenvalue weighted by atomic mass is 16.5. The lowest BCUT2D eigenvalue weighted by atomic mass is 9.95. The Morgan fingerprint density at radius 2 is 1.90 bits per heavy atom. The van der Waals surface area contributed by atoms with Crippen LogP contribution in [0, 0.1) is 6.92 Å². The molecule has 0 fully saturated rings. The molecule has 3 rings (SSSR count). The third kappa shape index (κ3) is 4.19. The number of carbonyl (C=O) groups excluding carboxylic acids is 2. The van der Waals surface area contributed by atoms with Crippen LogP contribution in [0.3, 0.4) is 0 Å². The first-order valence-electron chi connectivity index (χ1n) is 9.56. The Morgan fingerprint density at radius 1 is 1.21 bits per heavy atom. The Morgan fingerprint density at radius 3 is 2.45 bits per heavy atom. The number of hydrogen-bond acceptors (Lipinski definition) is 6. The second-order valence-electron chi connectivity index (χ2n) is 7.21. The van der Waals surface area contributed by atoms with Crippen molar-refractivity contribution in [3.63, 3.8) is 0 Å². The maximum absolute atomic E-state index is 13.1. The predicted molar refractivity (Wildman–Crippen MR) is 108 cm³/mol. The minimum Gasteiger partial charge on any atom is -0.503 e. The zero-order valence-electron chi connectivity index (χ0n) is 17.1. The number of carbonyl (C=O) groups is 2. The van der Waals surface area contributed by atoms with E-state index in [1.54, 1.807) is 31.2 Å². The van der Waals surface area contributed by atoms with E-state index in [9.17, 15) is 14.7 Å². The molecule has 1 aromatic carbocycles. The number of aliphatic hydroxyl groups excluding tert-OH is 1. The van der Waals surface area contributed by atoms with Gasteiger partial charge >= 0.3 is 0 Å². The Labute approximate surface area is 170 Å². The highest BCUT2D eigenvalue weighted by Crippen LogP contribution is 2.39. The molecule has 0 aliphatic carbocycles. The maximum Gasteiger partial charge on any atom is 0.290 e. The normalized spacial score (nSPS) is 16.8. The number of aliphatic hydroxyl groups is 1. The quantitative estimate of drug-likeness (QED) is 0.688. The molecule has 154 valence electrons. The lowest BCUT2D eigenvalue weighted by Crippen LogP contribution is -2.36. The molecule has 2 heterocycles. The van der Waals surface area contributed by atoms with Crippen molar-refractivity contribution in [2.75, 3.05) is 33.8 Å². The molecular formula is C22H26N2O5. The molecule has 0 saturated heterocycles. The fraction of sp³-hybridized carbons (Fsp3) is 0.364. The summed E-state index contributed by atoms with van der Waals surface area (Å²) in [6, 6.07) is 9.74. The Kier molecular flexibility index (Phi) is 6.08. The van der Waals surface area contributed by atoms with Gasteiger partial charge in [0.05, 0.1) is 18.2 Å². The maximum atomic E-state index is 13.1. The molecule has 0 radical (unpaired) electrons. The summed E-state index contributed by atoms with van der Waals surface area (Å²) in [4.78, 5) is 29.4. The van der Waals surface area contributed by atoms with Gasteiger partial charge in [0.15, 0.2) is 11.5 Å². The van der Waals surface area contributed by atoms with Crippen LogP contribution in [0.15, 0.2) is 52.1 Å². The van der Waals surface area contributed by atoms with Crippen molar-refractivity contribution in [3.8, 4) is 5.75 Å². The molecule has 1 N–H and O–H groups in total. The van der Waals surface area contributed by atoms with Crippen LogP contribution in [0.5, 0.6) is 5.75 Å². The molecule has 7 nitrogen and oxygen atoms in total. The number of nitrogens with zero attached hydrogens (tertiary/aromatic N) is 2. The van der Waals surface area contributed by atoms with E-state index in [1.165, 1.54) is 4.90 Å². The molecule has 0 unspecified atom stereocenters. The number of furan rings is 1. The molecule has 7 heteroatoms. The monoisotopic (exact) mass is 398 g/mol. The first-order valence-corrected chi connectivity index (χ1v) is 9.56. The first-order chi connectivity index (χ1) is 13.8. The summed E-state index contributed by atoms with van der Waals surface area (Å²) in [6.45, 7) is 5.13. The second-order valence-corrected chi connectivity index (χ2v) is 7.21. The van der Waals surface area contributed by atoms with Crippen molar-refractivity contribution in [3.05, 3.63) is 64.8 Å². The van der Waals surface area contributed by atoms with Crippen molar-refractivity contribution in [1.29, 1.82) is 0 Å². The first kappa shape index (κ1) is 20.7. The number of rotatable bonds is 8. The van der Waals surface area contributed by atoms with E-state index in [-0.39, 0.29) is 11.3 Å². The van der Waals surface area contributed by atoms with Crippen LogP contribution in [0.1, 0.15) is 34.8 Å². The molecule has 0 bridgehead atoms. The average molecular weight is 398 g/mol. The topological polar surface area (TPSA) is 83.2 Å². The smallest absolute Gasteiger partial charge is 0.290 e. The third-order valence-corrected chi connectivity index (χ3v) is 4.81. The van der Waals surface area contributed by atoms with Crippen molar-refractivity contribution in [2.24, 2.45) is 0 Å². The number of Topliss-reactive ketones (excluding diaryl/α,β-unsaturated/α-hetero) is 1. The van der Waals surface area contributed by atoms with Gasteiger partial charge in [0.25, 0.3) is 5.91 Å². The zero-order valence-corrected chi connectivity index (χ0v) is 17.1. The van der Waals surface area contributed by atoms with E-state index in [1.807, 2.05) is 38.1 Å². The fourth-order valence-corrected chi connectivity index (χ4v) is 3.37. The number of hydrogen-bond donors (Lipinski definition) is 1. The van der Waals surface area contributed by atoms with Gasteiger partial charge in [-0.1, -0.05) is 12.1 Å². The predicted octanol–water partition coefficient (Wildman–Crippen LogP) is 3.13. The highest BCUT2D eigenvalue weighted by Gasteiger charge is 2.44. The van der Waals surface area contributed by atoms with E-state index in [4.69, 9.17) is 9.15 Å². The molecule has 1 aromatic heterocycles. The van der Waals surface area contributed by atoms with Crippen LogP contribution in [0.2, 0.25) is 0 Å². The van der Waals surface area contributed by atoms with Gasteiger partial charge in [0.2, 0.25) is 5.78 Å². The minimum absolute atomic E-state index is 0.0345. The van der Waals surface area contributed by atoms with E-state index < -0.39 is 23.5 Å². The number of amides is 1. The Hall–Kier alpha value is -3.06.